The van der Waals surface area contributed by atoms with Crippen LogP contribution >= 0.6 is 23.2 Å². The summed E-state index contributed by atoms with van der Waals surface area (Å²) >= 11 is 10.1. The first-order valence-electron chi connectivity index (χ1n) is 8.32. The summed E-state index contributed by atoms with van der Waals surface area (Å²) in [5, 5.41) is 26.6. The summed E-state index contributed by atoms with van der Waals surface area (Å²) in [7, 11) is 0. The predicted octanol–water partition coefficient (Wildman–Crippen LogP) is 4.43. The molecule has 0 saturated carbocycles. The van der Waals surface area contributed by atoms with E-state index in [1.54, 1.807) is 0 Å². The van der Waals surface area contributed by atoms with Gasteiger partial charge in [-0.1, -0.05) is 12.1 Å². The zero-order valence-electron chi connectivity index (χ0n) is 15.7. The van der Waals surface area contributed by atoms with E-state index in [-0.39, 0.29) is 12.1 Å². The van der Waals surface area contributed by atoms with E-state index in [2.05, 4.69) is 0 Å². The van der Waals surface area contributed by atoms with E-state index in [4.69, 9.17) is 33.4 Å². The summed E-state index contributed by atoms with van der Waals surface area (Å²) in [6.07, 6.45) is 0. The van der Waals surface area contributed by atoms with E-state index < -0.39 is 73.4 Å². The van der Waals surface area contributed by atoms with Crippen LogP contribution < -0.4 is 0 Å². The number of benzene rings is 2. The molecule has 0 unspecified atom stereocenters. The summed E-state index contributed by atoms with van der Waals surface area (Å²) in [6, 6.07) is 2.09. The molecule has 8 nitrogen and oxygen atoms in total. The second-order valence-electron chi connectivity index (χ2n) is 6.49. The van der Waals surface area contributed by atoms with Crippen molar-refractivity contribution in [3.05, 3.63) is 69.8 Å². The lowest BCUT2D eigenvalue weighted by molar-refractivity contribution is -0.0875. The number of aromatic carboxylic acids is 4. The van der Waals surface area contributed by atoms with Gasteiger partial charge in [0, 0.05) is 0 Å². The Labute approximate surface area is 190 Å². The SMILES string of the molecule is O=C(O)c1ccc(C(c2ccc(C(=O)O)c(C(=O)O)c2)(C(F)(F)Cl)C(F)(F)Cl)cc1C(=O)O. The quantitative estimate of drug-likeness (QED) is 0.299. The van der Waals surface area contributed by atoms with E-state index in [0.29, 0.717) is 24.3 Å². The second-order valence-corrected chi connectivity index (χ2v) is 7.44. The van der Waals surface area contributed by atoms with E-state index in [0.717, 1.165) is 0 Å². The normalized spacial score (nSPS) is 12.3. The molecule has 176 valence electrons. The highest BCUT2D eigenvalue weighted by atomic mass is 35.5. The highest BCUT2D eigenvalue weighted by Crippen LogP contribution is 2.58. The average Bonchev–Trinajstić information content (AvgIpc) is 2.65. The number of carboxylic acid groups (broad SMARTS) is 4. The Kier molecular flexibility index (Phi) is 6.68. The van der Waals surface area contributed by atoms with Crippen LogP contribution in [0.15, 0.2) is 36.4 Å². The molecular formula is C19H10Cl2F4O8. The largest absolute Gasteiger partial charge is 0.478 e. The predicted molar refractivity (Wildman–Crippen MR) is 103 cm³/mol. The summed E-state index contributed by atoms with van der Waals surface area (Å²) in [5.41, 5.74) is -11.0. The van der Waals surface area contributed by atoms with Crippen molar-refractivity contribution in [1.29, 1.82) is 0 Å². The van der Waals surface area contributed by atoms with Gasteiger partial charge < -0.3 is 20.4 Å². The van der Waals surface area contributed by atoms with Gasteiger partial charge in [0.25, 0.3) is 0 Å². The summed E-state index contributed by atoms with van der Waals surface area (Å²) in [6.45, 7) is 0. The van der Waals surface area contributed by atoms with Crippen molar-refractivity contribution >= 4 is 47.1 Å². The van der Waals surface area contributed by atoms with E-state index in [1.165, 1.54) is 0 Å². The van der Waals surface area contributed by atoms with Crippen molar-refractivity contribution in [3.8, 4) is 0 Å². The van der Waals surface area contributed by atoms with Crippen molar-refractivity contribution in [1.82, 2.24) is 0 Å². The highest BCUT2D eigenvalue weighted by Gasteiger charge is 2.69. The van der Waals surface area contributed by atoms with Gasteiger partial charge >= 0.3 is 34.6 Å². The van der Waals surface area contributed by atoms with Gasteiger partial charge in [-0.3, -0.25) is 0 Å². The van der Waals surface area contributed by atoms with Crippen LogP contribution in [0.3, 0.4) is 0 Å². The third kappa shape index (κ3) is 4.31. The van der Waals surface area contributed by atoms with Crippen molar-refractivity contribution in [2.45, 2.75) is 16.2 Å². The molecule has 0 radical (unpaired) electrons. The van der Waals surface area contributed by atoms with Crippen molar-refractivity contribution < 1.29 is 57.2 Å². The first-order valence-corrected chi connectivity index (χ1v) is 9.08. The van der Waals surface area contributed by atoms with Crippen LogP contribution in [0, 0.1) is 0 Å². The Morgan fingerprint density at radius 1 is 0.576 bits per heavy atom. The fraction of sp³-hybridized carbons (Fsp3) is 0.158. The molecule has 0 aliphatic carbocycles. The molecule has 0 fully saturated rings. The second kappa shape index (κ2) is 8.52. The van der Waals surface area contributed by atoms with Crippen molar-refractivity contribution in [2.75, 3.05) is 0 Å². The smallest absolute Gasteiger partial charge is 0.342 e. The molecule has 0 atom stereocenters. The topological polar surface area (TPSA) is 149 Å². The minimum Gasteiger partial charge on any atom is -0.478 e. The molecule has 2 rings (SSSR count). The monoisotopic (exact) mass is 512 g/mol. The minimum atomic E-state index is -5.06. The number of carboxylic acids is 4. The summed E-state index contributed by atoms with van der Waals surface area (Å²) in [5.74, 6) is -7.60. The molecule has 0 aliphatic heterocycles. The Bertz CT molecular complexity index is 1080. The van der Waals surface area contributed by atoms with Crippen LogP contribution in [0.2, 0.25) is 0 Å². The third-order valence-corrected chi connectivity index (χ3v) is 5.24. The Morgan fingerprint density at radius 2 is 0.848 bits per heavy atom. The molecule has 0 aromatic heterocycles. The maximum absolute atomic E-state index is 14.8. The standard InChI is InChI=1S/C19H10Cl2F4O8/c20-18(22,23)17(19(21,24)25,7-1-3-9(13(26)27)11(5-7)15(30)31)8-2-4-10(14(28)29)12(6-8)16(32)33/h1-6H,(H,26,27)(H,28,29)(H,30,31)(H,32,33). The Morgan fingerprint density at radius 3 is 1.06 bits per heavy atom. The molecule has 0 bridgehead atoms. The molecule has 2 aromatic carbocycles. The van der Waals surface area contributed by atoms with Crippen LogP contribution in [0.5, 0.6) is 0 Å². The van der Waals surface area contributed by atoms with Crippen LogP contribution in [0.1, 0.15) is 52.6 Å². The number of alkyl halides is 6. The molecule has 0 amide bonds. The first kappa shape index (κ1) is 25.9. The van der Waals surface area contributed by atoms with Crippen LogP contribution in [0.25, 0.3) is 0 Å². The van der Waals surface area contributed by atoms with Gasteiger partial charge in [-0.2, -0.15) is 17.6 Å². The molecule has 4 N–H and O–H groups in total. The van der Waals surface area contributed by atoms with Gasteiger partial charge in [-0.15, -0.1) is 0 Å². The van der Waals surface area contributed by atoms with E-state index in [1.807, 2.05) is 0 Å². The molecule has 0 heterocycles. The highest BCUT2D eigenvalue weighted by molar-refractivity contribution is 6.27. The molecule has 14 heteroatoms. The number of hydrogen-bond donors (Lipinski definition) is 4. The summed E-state index contributed by atoms with van der Waals surface area (Å²) < 4.78 is 59.1. The van der Waals surface area contributed by atoms with Crippen molar-refractivity contribution in [3.63, 3.8) is 0 Å². The van der Waals surface area contributed by atoms with Gasteiger partial charge in [0.1, 0.15) is 0 Å². The molecule has 0 aliphatic rings. The third-order valence-electron chi connectivity index (χ3n) is 4.68. The van der Waals surface area contributed by atoms with Crippen LogP contribution in [-0.4, -0.2) is 55.1 Å². The molecular weight excluding hydrogens is 503 g/mol. The molecule has 0 saturated heterocycles. The van der Waals surface area contributed by atoms with Gasteiger partial charge in [-0.25, -0.2) is 19.2 Å². The Balaban J connectivity index is 3.10. The maximum Gasteiger partial charge on any atom is 0.342 e. The van der Waals surface area contributed by atoms with Crippen LogP contribution in [0.4, 0.5) is 17.6 Å². The zero-order valence-corrected chi connectivity index (χ0v) is 17.2. The zero-order chi connectivity index (χ0) is 25.5. The number of rotatable bonds is 8. The fourth-order valence-corrected chi connectivity index (χ4v) is 3.99. The van der Waals surface area contributed by atoms with Gasteiger partial charge in [0.05, 0.1) is 22.3 Å². The molecule has 33 heavy (non-hydrogen) atoms. The molecule has 2 aromatic rings. The number of hydrogen-bond acceptors (Lipinski definition) is 4. The van der Waals surface area contributed by atoms with Crippen LogP contribution in [-0.2, 0) is 5.41 Å². The first-order chi connectivity index (χ1) is 15.0. The average molecular weight is 513 g/mol. The van der Waals surface area contributed by atoms with Crippen molar-refractivity contribution in [2.24, 2.45) is 0 Å². The Hall–Kier alpha value is -3.38. The van der Waals surface area contributed by atoms with Gasteiger partial charge in [0.2, 0.25) is 0 Å². The lowest BCUT2D eigenvalue weighted by Crippen LogP contribution is -2.54. The number of halogens is 6. The lowest BCUT2D eigenvalue weighted by Gasteiger charge is -2.41. The van der Waals surface area contributed by atoms with Gasteiger partial charge in [0.15, 0.2) is 5.41 Å². The van der Waals surface area contributed by atoms with E-state index >= 15 is 0 Å². The minimum absolute atomic E-state index is 0.184. The maximum atomic E-state index is 14.8. The van der Waals surface area contributed by atoms with E-state index in [9.17, 15) is 47.0 Å². The lowest BCUT2D eigenvalue weighted by atomic mass is 9.72. The molecule has 0 spiro atoms. The summed E-state index contributed by atoms with van der Waals surface area (Å²) in [4.78, 5) is 45.4. The fourth-order valence-electron chi connectivity index (χ4n) is 3.26. The number of carbonyl (C=O) groups is 4. The van der Waals surface area contributed by atoms with Gasteiger partial charge in [-0.05, 0) is 58.6 Å².